The van der Waals surface area contributed by atoms with Crippen LogP contribution in [-0.2, 0) is 0 Å². The van der Waals surface area contributed by atoms with Gasteiger partial charge in [-0.3, -0.25) is 19.9 Å². The van der Waals surface area contributed by atoms with Crippen molar-refractivity contribution in [2.24, 2.45) is 0 Å². The summed E-state index contributed by atoms with van der Waals surface area (Å²) in [5.74, 6) is -1.42. The minimum atomic E-state index is -0.703. The van der Waals surface area contributed by atoms with Gasteiger partial charge in [-0.05, 0) is 29.8 Å². The van der Waals surface area contributed by atoms with Crippen molar-refractivity contribution in [2.75, 3.05) is 6.54 Å². The van der Waals surface area contributed by atoms with Gasteiger partial charge < -0.3 is 0 Å². The molecule has 0 amide bonds. The molecule has 108 valence electrons. The number of benzene rings is 1. The van der Waals surface area contributed by atoms with Gasteiger partial charge in [-0.2, -0.15) is 0 Å². The SMILES string of the molecule is O=C(c1ccccn1)C(CC[N+](=O)[O-])c1ccc(F)cc1. The molecule has 1 aromatic heterocycles. The van der Waals surface area contributed by atoms with Gasteiger partial charge in [0, 0.05) is 17.5 Å². The lowest BCUT2D eigenvalue weighted by Crippen LogP contribution is -2.18. The number of halogens is 1. The Morgan fingerprint density at radius 1 is 1.24 bits per heavy atom. The number of ketones is 1. The molecule has 0 fully saturated rings. The minimum Gasteiger partial charge on any atom is -0.292 e. The highest BCUT2D eigenvalue weighted by Gasteiger charge is 2.24. The van der Waals surface area contributed by atoms with E-state index in [2.05, 4.69) is 4.98 Å². The molecule has 1 aromatic carbocycles. The fraction of sp³-hybridized carbons (Fsp3) is 0.200. The molecule has 0 radical (unpaired) electrons. The molecule has 0 bridgehead atoms. The fourth-order valence-corrected chi connectivity index (χ4v) is 2.07. The topological polar surface area (TPSA) is 73.1 Å². The normalized spacial score (nSPS) is 11.9. The van der Waals surface area contributed by atoms with Crippen molar-refractivity contribution in [1.29, 1.82) is 0 Å². The van der Waals surface area contributed by atoms with E-state index in [1.807, 2.05) is 0 Å². The van der Waals surface area contributed by atoms with Gasteiger partial charge in [-0.1, -0.05) is 18.2 Å². The van der Waals surface area contributed by atoms with Crippen LogP contribution in [0.3, 0.4) is 0 Å². The zero-order valence-corrected chi connectivity index (χ0v) is 11.1. The monoisotopic (exact) mass is 288 g/mol. The maximum absolute atomic E-state index is 13.0. The molecule has 1 atom stereocenters. The zero-order valence-electron chi connectivity index (χ0n) is 11.1. The summed E-state index contributed by atoms with van der Waals surface area (Å²) >= 11 is 0. The summed E-state index contributed by atoms with van der Waals surface area (Å²) in [5, 5.41) is 10.6. The highest BCUT2D eigenvalue weighted by molar-refractivity contribution is 5.99. The number of nitrogens with zero attached hydrogens (tertiary/aromatic N) is 2. The number of rotatable bonds is 6. The molecule has 0 saturated carbocycles. The third-order valence-electron chi connectivity index (χ3n) is 3.11. The Balaban J connectivity index is 2.29. The summed E-state index contributed by atoms with van der Waals surface area (Å²) in [6.07, 6.45) is 1.54. The first-order chi connectivity index (χ1) is 10.1. The first kappa shape index (κ1) is 14.8. The summed E-state index contributed by atoms with van der Waals surface area (Å²) in [7, 11) is 0. The highest BCUT2D eigenvalue weighted by atomic mass is 19.1. The lowest BCUT2D eigenvalue weighted by atomic mass is 9.90. The number of pyridine rings is 1. The van der Waals surface area contributed by atoms with E-state index in [4.69, 9.17) is 0 Å². The molecule has 0 aliphatic heterocycles. The lowest BCUT2D eigenvalue weighted by molar-refractivity contribution is -0.480. The van der Waals surface area contributed by atoms with Crippen LogP contribution in [0.4, 0.5) is 4.39 Å². The molecule has 5 nitrogen and oxygen atoms in total. The van der Waals surface area contributed by atoms with Gasteiger partial charge >= 0.3 is 0 Å². The summed E-state index contributed by atoms with van der Waals surface area (Å²) in [6, 6.07) is 10.3. The predicted octanol–water partition coefficient (Wildman–Crippen LogP) is 2.85. The quantitative estimate of drug-likeness (QED) is 0.465. The van der Waals surface area contributed by atoms with Gasteiger partial charge in [0.15, 0.2) is 5.78 Å². The summed E-state index contributed by atoms with van der Waals surface area (Å²) in [5.41, 5.74) is 0.795. The van der Waals surface area contributed by atoms with Gasteiger partial charge in [0.05, 0.1) is 5.92 Å². The molecule has 0 saturated heterocycles. The van der Waals surface area contributed by atoms with E-state index in [1.165, 1.54) is 30.5 Å². The van der Waals surface area contributed by atoms with Crippen LogP contribution in [-0.4, -0.2) is 22.2 Å². The number of Topliss-reactive ketones (excluding diaryl/α,β-unsaturated/α-hetero) is 1. The molecule has 0 N–H and O–H groups in total. The largest absolute Gasteiger partial charge is 0.292 e. The van der Waals surface area contributed by atoms with Crippen LogP contribution in [0, 0.1) is 15.9 Å². The zero-order chi connectivity index (χ0) is 15.2. The van der Waals surface area contributed by atoms with Gasteiger partial charge in [0.25, 0.3) is 0 Å². The predicted molar refractivity (Wildman–Crippen MR) is 74.2 cm³/mol. The molecule has 0 spiro atoms. The average Bonchev–Trinajstić information content (AvgIpc) is 2.49. The standard InChI is InChI=1S/C15H13FN2O3/c16-12-6-4-11(5-7-12)13(8-10-18(20)21)15(19)14-3-1-2-9-17-14/h1-7,9,13H,8,10H2. The molecule has 0 aliphatic rings. The Hall–Kier alpha value is -2.63. The molecule has 0 aliphatic carbocycles. The van der Waals surface area contributed by atoms with E-state index in [0.717, 1.165) is 0 Å². The van der Waals surface area contributed by atoms with Crippen molar-refractivity contribution in [3.63, 3.8) is 0 Å². The van der Waals surface area contributed by atoms with Crippen LogP contribution in [0.1, 0.15) is 28.4 Å². The second-order valence-electron chi connectivity index (χ2n) is 4.53. The van der Waals surface area contributed by atoms with Crippen LogP contribution >= 0.6 is 0 Å². The second-order valence-corrected chi connectivity index (χ2v) is 4.53. The van der Waals surface area contributed by atoms with E-state index >= 15 is 0 Å². The molecule has 21 heavy (non-hydrogen) atoms. The number of nitro groups is 1. The Morgan fingerprint density at radius 2 is 1.95 bits per heavy atom. The minimum absolute atomic E-state index is 0.0496. The molecule has 6 heteroatoms. The van der Waals surface area contributed by atoms with E-state index < -0.39 is 16.7 Å². The Kier molecular flexibility index (Phi) is 4.71. The van der Waals surface area contributed by atoms with Gasteiger partial charge in [0.2, 0.25) is 6.54 Å². The van der Waals surface area contributed by atoms with Gasteiger partial charge in [0.1, 0.15) is 11.5 Å². The molecule has 1 heterocycles. The number of hydrogen-bond acceptors (Lipinski definition) is 4. The third kappa shape index (κ3) is 3.92. The number of carbonyl (C=O) groups is 1. The first-order valence-corrected chi connectivity index (χ1v) is 6.40. The first-order valence-electron chi connectivity index (χ1n) is 6.40. The molecular formula is C15H13FN2O3. The Morgan fingerprint density at radius 3 is 2.52 bits per heavy atom. The smallest absolute Gasteiger partial charge is 0.204 e. The van der Waals surface area contributed by atoms with Crippen LogP contribution in [0.25, 0.3) is 0 Å². The maximum atomic E-state index is 13.0. The summed E-state index contributed by atoms with van der Waals surface area (Å²) in [6.45, 7) is -0.333. The van der Waals surface area contributed by atoms with Gasteiger partial charge in [-0.15, -0.1) is 0 Å². The molecular weight excluding hydrogens is 275 g/mol. The number of aromatic nitrogens is 1. The second kappa shape index (κ2) is 6.69. The fourth-order valence-electron chi connectivity index (χ4n) is 2.07. The molecule has 2 aromatic rings. The van der Waals surface area contributed by atoms with Crippen LogP contribution in [0.2, 0.25) is 0 Å². The van der Waals surface area contributed by atoms with E-state index in [9.17, 15) is 19.3 Å². The van der Waals surface area contributed by atoms with Crippen molar-refractivity contribution < 1.29 is 14.1 Å². The maximum Gasteiger partial charge on any atom is 0.204 e. The van der Waals surface area contributed by atoms with Crippen molar-refractivity contribution in [2.45, 2.75) is 12.3 Å². The van der Waals surface area contributed by atoms with Gasteiger partial charge in [-0.25, -0.2) is 4.39 Å². The van der Waals surface area contributed by atoms with Crippen molar-refractivity contribution in [3.05, 3.63) is 75.9 Å². The Bertz CT molecular complexity index is 629. The number of hydrogen-bond donors (Lipinski definition) is 0. The van der Waals surface area contributed by atoms with Crippen LogP contribution < -0.4 is 0 Å². The number of carbonyl (C=O) groups excluding carboxylic acids is 1. The van der Waals surface area contributed by atoms with Crippen molar-refractivity contribution in [3.8, 4) is 0 Å². The molecule has 2 rings (SSSR count). The van der Waals surface area contributed by atoms with E-state index in [-0.39, 0.29) is 24.4 Å². The lowest BCUT2D eigenvalue weighted by Gasteiger charge is -2.14. The summed E-state index contributed by atoms with van der Waals surface area (Å²) in [4.78, 5) is 26.5. The van der Waals surface area contributed by atoms with Crippen LogP contribution in [0.15, 0.2) is 48.7 Å². The highest BCUT2D eigenvalue weighted by Crippen LogP contribution is 2.24. The van der Waals surface area contributed by atoms with E-state index in [1.54, 1.807) is 18.2 Å². The summed E-state index contributed by atoms with van der Waals surface area (Å²) < 4.78 is 13.0. The van der Waals surface area contributed by atoms with Crippen LogP contribution in [0.5, 0.6) is 0 Å². The van der Waals surface area contributed by atoms with Crippen molar-refractivity contribution in [1.82, 2.24) is 4.98 Å². The Labute approximate surface area is 120 Å². The molecule has 1 unspecified atom stereocenters. The average molecular weight is 288 g/mol. The third-order valence-corrected chi connectivity index (χ3v) is 3.11. The van der Waals surface area contributed by atoms with Crippen molar-refractivity contribution >= 4 is 5.78 Å². The van der Waals surface area contributed by atoms with E-state index in [0.29, 0.717) is 5.56 Å².